The first kappa shape index (κ1) is 16.1. The Labute approximate surface area is 154 Å². The van der Waals surface area contributed by atoms with Crippen LogP contribution in [0.5, 0.6) is 0 Å². The van der Waals surface area contributed by atoms with Crippen molar-refractivity contribution in [2.75, 3.05) is 26.3 Å². The minimum Gasteiger partial charge on any atom is -0.379 e. The molecule has 0 aliphatic carbocycles. The Hall–Kier alpha value is -1.40. The molecule has 6 heteroatoms. The highest BCUT2D eigenvalue weighted by atomic mass is 79.9. The number of ether oxygens (including phenoxy) is 1. The molecule has 124 valence electrons. The van der Waals surface area contributed by atoms with E-state index < -0.39 is 0 Å². The number of nitrogens with zero attached hydrogens (tertiary/aromatic N) is 3. The molecular weight excluding hydrogens is 390 g/mol. The number of imidazole rings is 1. The van der Waals surface area contributed by atoms with Gasteiger partial charge >= 0.3 is 0 Å². The molecule has 4 nitrogen and oxygen atoms in total. The van der Waals surface area contributed by atoms with Gasteiger partial charge in [0.1, 0.15) is 5.65 Å². The van der Waals surface area contributed by atoms with E-state index in [1.807, 2.05) is 36.4 Å². The number of fused-ring (bicyclic) bond motifs is 1. The molecule has 2 aromatic heterocycles. The maximum absolute atomic E-state index is 6.04. The Bertz CT molecular complexity index is 857. The predicted molar refractivity (Wildman–Crippen MR) is 99.4 cm³/mol. The summed E-state index contributed by atoms with van der Waals surface area (Å²) < 4.78 is 8.68. The van der Waals surface area contributed by atoms with Crippen LogP contribution in [0.1, 0.15) is 5.69 Å². The highest BCUT2D eigenvalue weighted by Gasteiger charge is 2.19. The normalized spacial score (nSPS) is 15.9. The largest absolute Gasteiger partial charge is 0.379 e. The molecule has 0 spiro atoms. The Kier molecular flexibility index (Phi) is 4.59. The number of halogens is 2. The molecule has 1 aliphatic heterocycles. The van der Waals surface area contributed by atoms with E-state index in [1.54, 1.807) is 0 Å². The number of hydrogen-bond acceptors (Lipinski definition) is 3. The molecule has 3 aromatic rings. The monoisotopic (exact) mass is 405 g/mol. The summed E-state index contributed by atoms with van der Waals surface area (Å²) in [6, 6.07) is 11.9. The summed E-state index contributed by atoms with van der Waals surface area (Å²) in [5.74, 6) is 0. The SMILES string of the molecule is Clc1ccc(-c2nc3ccc(Br)cn3c2CN2CCOCC2)cc1. The summed E-state index contributed by atoms with van der Waals surface area (Å²) >= 11 is 9.61. The third-order valence-electron chi connectivity index (χ3n) is 4.28. The van der Waals surface area contributed by atoms with Gasteiger partial charge in [0.25, 0.3) is 0 Å². The van der Waals surface area contributed by atoms with Gasteiger partial charge in [-0.3, -0.25) is 4.90 Å². The summed E-state index contributed by atoms with van der Waals surface area (Å²) in [6.45, 7) is 4.31. The highest BCUT2D eigenvalue weighted by molar-refractivity contribution is 9.10. The van der Waals surface area contributed by atoms with Crippen LogP contribution in [0, 0.1) is 0 Å². The van der Waals surface area contributed by atoms with Crippen molar-refractivity contribution in [2.45, 2.75) is 6.54 Å². The molecule has 1 saturated heterocycles. The summed E-state index contributed by atoms with van der Waals surface area (Å²) in [5, 5.41) is 0.736. The van der Waals surface area contributed by atoms with Gasteiger partial charge in [-0.2, -0.15) is 0 Å². The van der Waals surface area contributed by atoms with Crippen molar-refractivity contribution in [2.24, 2.45) is 0 Å². The van der Waals surface area contributed by atoms with Crippen molar-refractivity contribution in [3.05, 3.63) is 57.8 Å². The number of morpholine rings is 1. The first-order chi connectivity index (χ1) is 11.7. The lowest BCUT2D eigenvalue weighted by Crippen LogP contribution is -2.36. The number of aromatic nitrogens is 2. The summed E-state index contributed by atoms with van der Waals surface area (Å²) in [6.07, 6.45) is 2.08. The Morgan fingerprint density at radius 2 is 1.83 bits per heavy atom. The smallest absolute Gasteiger partial charge is 0.137 e. The van der Waals surface area contributed by atoms with E-state index in [2.05, 4.69) is 31.4 Å². The van der Waals surface area contributed by atoms with Gasteiger partial charge in [-0.25, -0.2) is 4.98 Å². The second-order valence-electron chi connectivity index (χ2n) is 5.88. The molecule has 0 unspecified atom stereocenters. The average Bonchev–Trinajstić information content (AvgIpc) is 2.94. The number of benzene rings is 1. The Balaban J connectivity index is 1.81. The molecule has 3 heterocycles. The van der Waals surface area contributed by atoms with Gasteiger partial charge in [0.05, 0.1) is 24.6 Å². The van der Waals surface area contributed by atoms with E-state index in [0.717, 1.165) is 59.2 Å². The number of hydrogen-bond donors (Lipinski definition) is 0. The van der Waals surface area contributed by atoms with Crippen molar-refractivity contribution in [1.82, 2.24) is 14.3 Å². The van der Waals surface area contributed by atoms with Crippen LogP contribution in [0.2, 0.25) is 5.02 Å². The highest BCUT2D eigenvalue weighted by Crippen LogP contribution is 2.28. The zero-order valence-electron chi connectivity index (χ0n) is 13.1. The average molecular weight is 407 g/mol. The van der Waals surface area contributed by atoms with Gasteiger partial charge < -0.3 is 9.14 Å². The Morgan fingerprint density at radius 1 is 1.08 bits per heavy atom. The van der Waals surface area contributed by atoms with Gasteiger partial charge in [-0.05, 0) is 40.2 Å². The lowest BCUT2D eigenvalue weighted by atomic mass is 10.1. The standard InChI is InChI=1S/C18H17BrClN3O/c19-14-3-6-17-21-18(13-1-4-15(20)5-2-13)16(23(17)11-14)12-22-7-9-24-10-8-22/h1-6,11H,7-10,12H2. The van der Waals surface area contributed by atoms with Crippen molar-refractivity contribution in [3.8, 4) is 11.3 Å². The second kappa shape index (κ2) is 6.84. The quantitative estimate of drug-likeness (QED) is 0.651. The van der Waals surface area contributed by atoms with E-state index in [0.29, 0.717) is 0 Å². The van der Waals surface area contributed by atoms with E-state index >= 15 is 0 Å². The zero-order chi connectivity index (χ0) is 16.5. The molecular formula is C18H17BrClN3O. The van der Waals surface area contributed by atoms with Gasteiger partial charge in [0.2, 0.25) is 0 Å². The molecule has 1 fully saturated rings. The van der Waals surface area contributed by atoms with Gasteiger partial charge in [0, 0.05) is 40.9 Å². The second-order valence-corrected chi connectivity index (χ2v) is 7.23. The molecule has 1 aromatic carbocycles. The molecule has 0 bridgehead atoms. The van der Waals surface area contributed by atoms with Crippen LogP contribution in [0.3, 0.4) is 0 Å². The lowest BCUT2D eigenvalue weighted by molar-refractivity contribution is 0.0336. The van der Waals surface area contributed by atoms with Crippen LogP contribution >= 0.6 is 27.5 Å². The summed E-state index contributed by atoms with van der Waals surface area (Å²) in [5.41, 5.74) is 4.24. The fraction of sp³-hybridized carbons (Fsp3) is 0.278. The molecule has 24 heavy (non-hydrogen) atoms. The molecule has 0 saturated carbocycles. The third kappa shape index (κ3) is 3.22. The van der Waals surface area contributed by atoms with Crippen molar-refractivity contribution >= 4 is 33.2 Å². The maximum atomic E-state index is 6.04. The van der Waals surface area contributed by atoms with E-state index in [9.17, 15) is 0 Å². The van der Waals surface area contributed by atoms with Crippen LogP contribution in [-0.2, 0) is 11.3 Å². The minimum absolute atomic E-state index is 0.736. The van der Waals surface area contributed by atoms with E-state index in [4.69, 9.17) is 21.3 Å². The van der Waals surface area contributed by atoms with Gasteiger partial charge in [-0.15, -0.1) is 0 Å². The number of pyridine rings is 1. The summed E-state index contributed by atoms with van der Waals surface area (Å²) in [7, 11) is 0. The maximum Gasteiger partial charge on any atom is 0.137 e. The van der Waals surface area contributed by atoms with Crippen molar-refractivity contribution in [3.63, 3.8) is 0 Å². The Morgan fingerprint density at radius 3 is 2.58 bits per heavy atom. The molecule has 1 aliphatic rings. The van der Waals surface area contributed by atoms with Crippen molar-refractivity contribution < 1.29 is 4.74 Å². The van der Waals surface area contributed by atoms with Crippen LogP contribution < -0.4 is 0 Å². The van der Waals surface area contributed by atoms with E-state index in [1.165, 1.54) is 5.69 Å². The fourth-order valence-electron chi connectivity index (χ4n) is 3.03. The van der Waals surface area contributed by atoms with Crippen LogP contribution in [0.25, 0.3) is 16.9 Å². The minimum atomic E-state index is 0.736. The summed E-state index contributed by atoms with van der Waals surface area (Å²) in [4.78, 5) is 7.27. The molecule has 0 amide bonds. The van der Waals surface area contributed by atoms with Crippen LogP contribution in [-0.4, -0.2) is 40.6 Å². The molecule has 0 atom stereocenters. The van der Waals surface area contributed by atoms with Gasteiger partial charge in [0.15, 0.2) is 0 Å². The predicted octanol–water partition coefficient (Wildman–Crippen LogP) is 4.25. The molecule has 4 rings (SSSR count). The fourth-order valence-corrected chi connectivity index (χ4v) is 3.49. The topological polar surface area (TPSA) is 29.8 Å². The first-order valence-electron chi connectivity index (χ1n) is 7.93. The molecule has 0 N–H and O–H groups in total. The van der Waals surface area contributed by atoms with Gasteiger partial charge in [-0.1, -0.05) is 23.7 Å². The van der Waals surface area contributed by atoms with Crippen LogP contribution in [0.4, 0.5) is 0 Å². The first-order valence-corrected chi connectivity index (χ1v) is 9.10. The lowest BCUT2D eigenvalue weighted by Gasteiger charge is -2.26. The van der Waals surface area contributed by atoms with Crippen LogP contribution in [0.15, 0.2) is 47.1 Å². The van der Waals surface area contributed by atoms with Crippen molar-refractivity contribution in [1.29, 1.82) is 0 Å². The third-order valence-corrected chi connectivity index (χ3v) is 5.00. The number of rotatable bonds is 3. The molecule has 0 radical (unpaired) electrons. The van der Waals surface area contributed by atoms with E-state index in [-0.39, 0.29) is 0 Å². The zero-order valence-corrected chi connectivity index (χ0v) is 15.4.